The lowest BCUT2D eigenvalue weighted by Crippen LogP contribution is -2.39. The summed E-state index contributed by atoms with van der Waals surface area (Å²) in [7, 11) is 6.73. The number of rotatable bonds is 10. The van der Waals surface area contributed by atoms with Gasteiger partial charge in [-0.25, -0.2) is 4.57 Å². The fraction of sp³-hybridized carbons (Fsp3) is 0.178. The van der Waals surface area contributed by atoms with Crippen LogP contribution in [0.2, 0.25) is 0 Å². The molecule has 0 bridgehead atoms. The number of aromatic nitrogens is 3. The molecule has 0 N–H and O–H groups in total. The van der Waals surface area contributed by atoms with Crippen molar-refractivity contribution >= 4 is 33.9 Å². The van der Waals surface area contributed by atoms with E-state index in [2.05, 4.69) is 179 Å². The summed E-state index contributed by atoms with van der Waals surface area (Å²) in [6.45, 7) is 6.44. The number of nitrogens with zero attached hydrogens (tertiary/aromatic N) is 4. The van der Waals surface area contributed by atoms with Gasteiger partial charge < -0.3 is 4.48 Å². The van der Waals surface area contributed by atoms with Crippen molar-refractivity contribution in [3.05, 3.63) is 173 Å². The first-order chi connectivity index (χ1) is 24.2. The number of pyridine rings is 1. The van der Waals surface area contributed by atoms with Crippen LogP contribution in [0.1, 0.15) is 39.8 Å². The molecule has 7 rings (SSSR count). The number of hydrogen-bond donors (Lipinski definition) is 0. The lowest BCUT2D eigenvalue weighted by Gasteiger charge is -2.22. The van der Waals surface area contributed by atoms with Crippen molar-refractivity contribution in [3.63, 3.8) is 0 Å². The minimum atomic E-state index is 0.943. The summed E-state index contributed by atoms with van der Waals surface area (Å²) in [6, 6.07) is 46.3. The monoisotopic (exact) mass is 672 g/mol. The zero-order chi connectivity index (χ0) is 34.7. The molecule has 0 aliphatic carbocycles. The fourth-order valence-electron chi connectivity index (χ4n) is 6.62. The largest absolute Gasteiger partial charge is 0.331 e. The number of quaternary nitrogens is 1. The maximum absolute atomic E-state index is 4.80. The molecule has 0 spiro atoms. The van der Waals surface area contributed by atoms with Crippen LogP contribution >= 0.6 is 11.7 Å². The highest BCUT2D eigenvalue weighted by Crippen LogP contribution is 2.39. The summed E-state index contributed by atoms with van der Waals surface area (Å²) in [4.78, 5) is 0. The van der Waals surface area contributed by atoms with E-state index in [0.29, 0.717) is 0 Å². The second kappa shape index (κ2) is 14.3. The summed E-state index contributed by atoms with van der Waals surface area (Å²) in [6.07, 6.45) is 5.51. The predicted octanol–water partition coefficient (Wildman–Crippen LogP) is 10.0. The molecule has 0 radical (unpaired) electrons. The lowest BCUT2D eigenvalue weighted by molar-refractivity contribution is -0.873. The second-order valence-corrected chi connectivity index (χ2v) is 14.8. The van der Waals surface area contributed by atoms with Gasteiger partial charge in [0.1, 0.15) is 11.0 Å². The van der Waals surface area contributed by atoms with Gasteiger partial charge in [0.2, 0.25) is 0 Å². The van der Waals surface area contributed by atoms with Crippen LogP contribution in [0.15, 0.2) is 140 Å². The zero-order valence-corrected chi connectivity index (χ0v) is 30.4. The summed E-state index contributed by atoms with van der Waals surface area (Å²) >= 11 is 1.28. The van der Waals surface area contributed by atoms with Crippen molar-refractivity contribution in [1.29, 1.82) is 0 Å². The van der Waals surface area contributed by atoms with Crippen LogP contribution in [0.5, 0.6) is 0 Å². The zero-order valence-electron chi connectivity index (χ0n) is 29.6. The van der Waals surface area contributed by atoms with E-state index in [-0.39, 0.29) is 0 Å². The Morgan fingerprint density at radius 2 is 0.980 bits per heavy atom. The molecule has 4 nitrogen and oxygen atoms in total. The third-order valence-corrected chi connectivity index (χ3v) is 9.87. The Kier molecular flexibility index (Phi) is 9.53. The smallest absolute Gasteiger partial charge is 0.169 e. The van der Waals surface area contributed by atoms with E-state index in [1.165, 1.54) is 56.3 Å². The van der Waals surface area contributed by atoms with Crippen LogP contribution < -0.4 is 4.57 Å². The molecule has 0 aliphatic heterocycles. The Bertz CT molecular complexity index is 2240. The van der Waals surface area contributed by atoms with Crippen LogP contribution in [-0.2, 0) is 6.54 Å². The van der Waals surface area contributed by atoms with E-state index in [1.807, 2.05) is 0 Å². The van der Waals surface area contributed by atoms with Gasteiger partial charge in [-0.3, -0.25) is 0 Å². The lowest BCUT2D eigenvalue weighted by atomic mass is 9.85. The number of hydrogen-bond acceptors (Lipinski definition) is 3. The highest BCUT2D eigenvalue weighted by Gasteiger charge is 2.18. The summed E-state index contributed by atoms with van der Waals surface area (Å²) in [5, 5.41) is 0. The molecule has 2 aromatic heterocycles. The molecule has 0 amide bonds. The van der Waals surface area contributed by atoms with Crippen molar-refractivity contribution < 1.29 is 9.05 Å². The molecular weight excluding hydrogens is 629 g/mol. The molecule has 5 aromatic carbocycles. The van der Waals surface area contributed by atoms with E-state index in [4.69, 9.17) is 8.75 Å². The topological polar surface area (TPSA) is 29.7 Å². The predicted molar refractivity (Wildman–Crippen MR) is 210 cm³/mol. The summed E-state index contributed by atoms with van der Waals surface area (Å²) < 4.78 is 12.8. The number of aryl methyl sites for hydroxylation is 3. The Labute approximate surface area is 300 Å². The maximum Gasteiger partial charge on any atom is 0.169 e. The first kappa shape index (κ1) is 33.3. The van der Waals surface area contributed by atoms with Crippen molar-refractivity contribution in [2.75, 3.05) is 27.7 Å². The van der Waals surface area contributed by atoms with E-state index in [0.717, 1.165) is 57.3 Å². The van der Waals surface area contributed by atoms with Crippen molar-refractivity contribution in [2.24, 2.45) is 0 Å². The first-order valence-corrected chi connectivity index (χ1v) is 18.1. The highest BCUT2D eigenvalue weighted by molar-refractivity contribution is 7.00. The minimum Gasteiger partial charge on any atom is -0.331 e. The SMILES string of the molecule is Cc1ccc(C(=C(c2ccc(C)cc2)c2ccc(-c3ccc(-c4cc[n+](CCC[N+](C)(C)C)cc4)c4nsnc34)cc2)c2ccccc2)cc1. The van der Waals surface area contributed by atoms with E-state index in [9.17, 15) is 0 Å². The third-order valence-electron chi connectivity index (χ3n) is 9.34. The van der Waals surface area contributed by atoms with Gasteiger partial charge in [0, 0.05) is 23.3 Å². The average molecular weight is 673 g/mol. The van der Waals surface area contributed by atoms with Crippen LogP contribution in [0, 0.1) is 13.8 Å². The molecule has 248 valence electrons. The maximum atomic E-state index is 4.80. The van der Waals surface area contributed by atoms with Crippen LogP contribution in [-0.4, -0.2) is 40.9 Å². The number of benzene rings is 5. The second-order valence-electron chi connectivity index (χ2n) is 14.2. The van der Waals surface area contributed by atoms with Gasteiger partial charge >= 0.3 is 0 Å². The van der Waals surface area contributed by atoms with Gasteiger partial charge in [-0.15, -0.1) is 0 Å². The fourth-order valence-corrected chi connectivity index (χ4v) is 7.19. The van der Waals surface area contributed by atoms with Gasteiger partial charge in [-0.1, -0.05) is 126 Å². The normalized spacial score (nSPS) is 12.3. The van der Waals surface area contributed by atoms with Gasteiger partial charge in [0.25, 0.3) is 0 Å². The van der Waals surface area contributed by atoms with E-state index >= 15 is 0 Å². The van der Waals surface area contributed by atoms with Crippen LogP contribution in [0.25, 0.3) is 44.4 Å². The standard InChI is InChI=1S/C45H44N4S/c1-32-12-16-37(17-13-32)42(36-10-7-6-8-11-36)43(38-18-14-33(2)15-19-38)39-22-20-34(21-23-39)40-24-25-41(45-44(40)46-50-47-45)35-26-29-48(30-27-35)28-9-31-49(3,4)5/h6-8,10-27,29-30H,9,28,31H2,1-5H3/q+2. The van der Waals surface area contributed by atoms with Gasteiger partial charge in [-0.2, -0.15) is 8.75 Å². The average Bonchev–Trinajstić information content (AvgIpc) is 3.62. The molecule has 0 atom stereocenters. The minimum absolute atomic E-state index is 0.943. The Balaban J connectivity index is 1.27. The Hall–Kier alpha value is -5.23. The molecule has 50 heavy (non-hydrogen) atoms. The molecular formula is C45H44N4S+2. The molecule has 0 saturated heterocycles. The molecule has 7 aromatic rings. The molecule has 0 saturated carbocycles. The summed E-state index contributed by atoms with van der Waals surface area (Å²) in [5.41, 5.74) is 16.1. The van der Waals surface area contributed by atoms with Gasteiger partial charge in [-0.05, 0) is 58.4 Å². The van der Waals surface area contributed by atoms with Crippen LogP contribution in [0.3, 0.4) is 0 Å². The van der Waals surface area contributed by atoms with Crippen molar-refractivity contribution in [2.45, 2.75) is 26.8 Å². The highest BCUT2D eigenvalue weighted by atomic mass is 32.1. The number of fused-ring (bicyclic) bond motifs is 1. The van der Waals surface area contributed by atoms with Gasteiger partial charge in [0.15, 0.2) is 18.9 Å². The first-order valence-electron chi connectivity index (χ1n) is 17.3. The van der Waals surface area contributed by atoms with Gasteiger partial charge in [0.05, 0.1) is 45.8 Å². The van der Waals surface area contributed by atoms with E-state index in [1.54, 1.807) is 0 Å². The summed E-state index contributed by atoms with van der Waals surface area (Å²) in [5.74, 6) is 0. The van der Waals surface area contributed by atoms with E-state index < -0.39 is 0 Å². The van der Waals surface area contributed by atoms with Crippen molar-refractivity contribution in [3.8, 4) is 22.3 Å². The Morgan fingerprint density at radius 3 is 1.46 bits per heavy atom. The molecule has 5 heteroatoms. The third kappa shape index (κ3) is 7.35. The van der Waals surface area contributed by atoms with Crippen molar-refractivity contribution in [1.82, 2.24) is 8.75 Å². The quantitative estimate of drug-likeness (QED) is 0.0823. The molecule has 2 heterocycles. The van der Waals surface area contributed by atoms with Crippen LogP contribution in [0.4, 0.5) is 0 Å². The molecule has 0 aliphatic rings. The molecule has 0 fully saturated rings. The Morgan fingerprint density at radius 1 is 0.540 bits per heavy atom. The molecule has 0 unspecified atom stereocenters.